The maximum Gasteiger partial charge on any atom is 0.238 e. The molecule has 0 saturated heterocycles. The number of fused-ring (bicyclic) bond motifs is 2. The fourth-order valence-electron chi connectivity index (χ4n) is 5.55. The Kier molecular flexibility index (Phi) is 5.20. The molecule has 0 radical (unpaired) electrons. The zero-order chi connectivity index (χ0) is 25.8. The minimum atomic E-state index is -0.480. The summed E-state index contributed by atoms with van der Waals surface area (Å²) in [7, 11) is 1.85. The Morgan fingerprint density at radius 3 is 2.18 bits per heavy atom. The van der Waals surface area contributed by atoms with Crippen molar-refractivity contribution >= 4 is 34.2 Å². The van der Waals surface area contributed by atoms with Gasteiger partial charge in [0.15, 0.2) is 0 Å². The number of benzene rings is 4. The van der Waals surface area contributed by atoms with Crippen molar-refractivity contribution in [3.8, 4) is 28.2 Å². The third-order valence-electron chi connectivity index (χ3n) is 7.32. The normalized spacial score (nSPS) is 14.8. The Morgan fingerprint density at radius 1 is 0.789 bits per heavy atom. The van der Waals surface area contributed by atoms with Crippen LogP contribution in [0.3, 0.4) is 0 Å². The number of hydrogen-bond donors (Lipinski definition) is 1. The second-order valence-electron chi connectivity index (χ2n) is 9.50. The molecule has 6 aromatic rings. The first-order valence-corrected chi connectivity index (χ1v) is 12.9. The summed E-state index contributed by atoms with van der Waals surface area (Å²) in [5.74, 6) is -0.444. The van der Waals surface area contributed by atoms with Crippen molar-refractivity contribution in [2.45, 2.75) is 5.92 Å². The summed E-state index contributed by atoms with van der Waals surface area (Å²) in [6, 6.07) is 36.0. The fourth-order valence-corrected chi connectivity index (χ4v) is 5.67. The lowest BCUT2D eigenvalue weighted by Gasteiger charge is -2.14. The van der Waals surface area contributed by atoms with Crippen LogP contribution in [0.1, 0.15) is 17.0 Å². The molecule has 6 heteroatoms. The second-order valence-corrected chi connectivity index (χ2v) is 9.93. The van der Waals surface area contributed by atoms with Gasteiger partial charge in [0.05, 0.1) is 22.7 Å². The Hall–Kier alpha value is -4.61. The Labute approximate surface area is 224 Å². The fraction of sp³-hybridized carbons (Fsp3) is 0.0625. The molecule has 38 heavy (non-hydrogen) atoms. The van der Waals surface area contributed by atoms with Crippen LogP contribution in [0.2, 0.25) is 5.02 Å². The second kappa shape index (κ2) is 8.75. The molecule has 2 aromatic heterocycles. The lowest BCUT2D eigenvalue weighted by atomic mass is 9.88. The predicted octanol–water partition coefficient (Wildman–Crippen LogP) is 7.45. The first-order chi connectivity index (χ1) is 18.6. The van der Waals surface area contributed by atoms with E-state index in [9.17, 15) is 4.79 Å². The maximum atomic E-state index is 13.9. The third kappa shape index (κ3) is 3.40. The zero-order valence-corrected chi connectivity index (χ0v) is 21.4. The molecule has 0 saturated carbocycles. The first-order valence-electron chi connectivity index (χ1n) is 12.5. The van der Waals surface area contributed by atoms with E-state index in [2.05, 4.69) is 23.2 Å². The van der Waals surface area contributed by atoms with Gasteiger partial charge in [-0.3, -0.25) is 4.79 Å². The van der Waals surface area contributed by atoms with Crippen molar-refractivity contribution in [2.24, 2.45) is 0 Å². The molecule has 1 amide bonds. The van der Waals surface area contributed by atoms with Gasteiger partial charge in [-0.25, -0.2) is 4.68 Å². The number of carbonyl (C=O) groups excluding carboxylic acids is 1. The van der Waals surface area contributed by atoms with Gasteiger partial charge in [0.2, 0.25) is 5.91 Å². The van der Waals surface area contributed by atoms with Gasteiger partial charge in [-0.2, -0.15) is 5.10 Å². The molecule has 1 aliphatic rings. The molecule has 1 N–H and O–H groups in total. The van der Waals surface area contributed by atoms with Crippen LogP contribution in [0.5, 0.6) is 0 Å². The van der Waals surface area contributed by atoms with Crippen LogP contribution >= 0.6 is 11.6 Å². The summed E-state index contributed by atoms with van der Waals surface area (Å²) in [6.45, 7) is 0. The SMILES string of the molecule is CN1C(=O)C(c2c(-c3ccc(Cl)cc3)[nH]c3c2c(-c2ccccc2)nn3-c2ccccc2)c2ccccc21. The highest BCUT2D eigenvalue weighted by molar-refractivity contribution is 6.30. The number of carbonyl (C=O) groups is 1. The molecule has 0 aliphatic carbocycles. The van der Waals surface area contributed by atoms with Crippen molar-refractivity contribution in [1.82, 2.24) is 14.8 Å². The summed E-state index contributed by atoms with van der Waals surface area (Å²) < 4.78 is 1.94. The molecule has 5 nitrogen and oxygen atoms in total. The molecule has 1 unspecified atom stereocenters. The van der Waals surface area contributed by atoms with Gasteiger partial charge in [0.25, 0.3) is 0 Å². The van der Waals surface area contributed by atoms with E-state index >= 15 is 0 Å². The van der Waals surface area contributed by atoms with Crippen LogP contribution in [0.25, 0.3) is 39.2 Å². The van der Waals surface area contributed by atoms with Crippen molar-refractivity contribution in [1.29, 1.82) is 0 Å². The lowest BCUT2D eigenvalue weighted by Crippen LogP contribution is -2.24. The maximum absolute atomic E-state index is 13.9. The van der Waals surface area contributed by atoms with Crippen molar-refractivity contribution in [3.05, 3.63) is 125 Å². The van der Waals surface area contributed by atoms with E-state index in [4.69, 9.17) is 16.7 Å². The zero-order valence-electron chi connectivity index (χ0n) is 20.6. The van der Waals surface area contributed by atoms with Gasteiger partial charge in [-0.05, 0) is 41.5 Å². The molecule has 3 heterocycles. The smallest absolute Gasteiger partial charge is 0.238 e. The van der Waals surface area contributed by atoms with E-state index in [1.54, 1.807) is 4.90 Å². The van der Waals surface area contributed by atoms with Gasteiger partial charge in [-0.15, -0.1) is 0 Å². The number of aromatic nitrogens is 3. The van der Waals surface area contributed by atoms with Crippen LogP contribution in [0.15, 0.2) is 109 Å². The molecule has 184 valence electrons. The number of amides is 1. The Morgan fingerprint density at radius 2 is 1.45 bits per heavy atom. The molecule has 7 rings (SSSR count). The van der Waals surface area contributed by atoms with Gasteiger partial charge in [0.1, 0.15) is 11.3 Å². The van der Waals surface area contributed by atoms with E-state index in [1.165, 1.54) is 0 Å². The quantitative estimate of drug-likeness (QED) is 0.265. The predicted molar refractivity (Wildman–Crippen MR) is 153 cm³/mol. The average Bonchev–Trinajstić information content (AvgIpc) is 3.60. The van der Waals surface area contributed by atoms with Crippen molar-refractivity contribution < 1.29 is 4.79 Å². The summed E-state index contributed by atoms with van der Waals surface area (Å²) >= 11 is 6.26. The monoisotopic (exact) mass is 514 g/mol. The van der Waals surface area contributed by atoms with Crippen molar-refractivity contribution in [2.75, 3.05) is 11.9 Å². The van der Waals surface area contributed by atoms with Crippen LogP contribution in [-0.4, -0.2) is 27.7 Å². The number of halogens is 1. The van der Waals surface area contributed by atoms with Gasteiger partial charge in [-0.1, -0.05) is 90.5 Å². The first kappa shape index (κ1) is 22.6. The molecular weight excluding hydrogens is 492 g/mol. The average molecular weight is 515 g/mol. The number of likely N-dealkylation sites (N-methyl/N-ethyl adjacent to an activating group) is 1. The van der Waals surface area contributed by atoms with Gasteiger partial charge < -0.3 is 9.88 Å². The standard InChI is InChI=1S/C32H23ClN4O/c1-36-25-15-9-8-14-24(25)26(32(36)38)27-28-30(20-10-4-2-5-11-20)35-37(23-12-6-3-7-13-23)31(28)34-29(27)21-16-18-22(33)19-17-21/h2-19,26,34H,1H3. The van der Waals surface area contributed by atoms with Crippen LogP contribution in [-0.2, 0) is 4.79 Å². The number of aromatic amines is 1. The topological polar surface area (TPSA) is 53.9 Å². The molecule has 0 spiro atoms. The molecule has 4 aromatic carbocycles. The largest absolute Gasteiger partial charge is 0.339 e. The minimum Gasteiger partial charge on any atom is -0.339 e. The highest BCUT2D eigenvalue weighted by atomic mass is 35.5. The number of hydrogen-bond acceptors (Lipinski definition) is 2. The van der Waals surface area contributed by atoms with Gasteiger partial charge >= 0.3 is 0 Å². The van der Waals surface area contributed by atoms with Crippen LogP contribution < -0.4 is 4.90 Å². The molecule has 0 bridgehead atoms. The summed E-state index contributed by atoms with van der Waals surface area (Å²) in [5, 5.41) is 6.71. The number of nitrogens with one attached hydrogen (secondary N) is 1. The van der Waals surface area contributed by atoms with Gasteiger partial charge in [0, 0.05) is 28.9 Å². The molecule has 0 fully saturated rings. The summed E-state index contributed by atoms with van der Waals surface area (Å²) in [5.41, 5.74) is 8.28. The van der Waals surface area contributed by atoms with Crippen LogP contribution in [0.4, 0.5) is 5.69 Å². The molecular formula is C32H23ClN4O. The molecule has 1 aliphatic heterocycles. The number of anilines is 1. The highest BCUT2D eigenvalue weighted by Gasteiger charge is 2.40. The minimum absolute atomic E-state index is 0.0359. The molecule has 1 atom stereocenters. The number of para-hydroxylation sites is 2. The van der Waals surface area contributed by atoms with Crippen LogP contribution in [0, 0.1) is 0 Å². The van der Waals surface area contributed by atoms with E-state index in [1.807, 2.05) is 103 Å². The number of rotatable bonds is 4. The van der Waals surface area contributed by atoms with E-state index in [0.717, 1.165) is 56.0 Å². The van der Waals surface area contributed by atoms with E-state index < -0.39 is 5.92 Å². The van der Waals surface area contributed by atoms with Crippen molar-refractivity contribution in [3.63, 3.8) is 0 Å². The number of nitrogens with zero attached hydrogens (tertiary/aromatic N) is 3. The van der Waals surface area contributed by atoms with E-state index in [-0.39, 0.29) is 5.91 Å². The third-order valence-corrected chi connectivity index (χ3v) is 7.58. The Balaban J connectivity index is 1.62. The lowest BCUT2D eigenvalue weighted by molar-refractivity contribution is -0.118. The Bertz CT molecular complexity index is 1800. The number of H-pyrrole nitrogens is 1. The summed E-state index contributed by atoms with van der Waals surface area (Å²) in [6.07, 6.45) is 0. The van der Waals surface area contributed by atoms with E-state index in [0.29, 0.717) is 5.02 Å². The summed E-state index contributed by atoms with van der Waals surface area (Å²) in [4.78, 5) is 19.4. The highest BCUT2D eigenvalue weighted by Crippen LogP contribution is 2.48.